The van der Waals surface area contributed by atoms with Crippen LogP contribution in [0.4, 0.5) is 15.8 Å². The maximum absolute atomic E-state index is 13.1. The van der Waals surface area contributed by atoms with Gasteiger partial charge >= 0.3 is 5.69 Å². The van der Waals surface area contributed by atoms with Gasteiger partial charge in [-0.1, -0.05) is 0 Å². The number of anilines is 1. The molecule has 18 heavy (non-hydrogen) atoms. The predicted octanol–water partition coefficient (Wildman–Crippen LogP) is 2.57. The first-order valence-electron chi connectivity index (χ1n) is 5.92. The van der Waals surface area contributed by atoms with E-state index >= 15 is 0 Å². The van der Waals surface area contributed by atoms with Crippen LogP contribution in [0.25, 0.3) is 0 Å². The molecule has 1 N–H and O–H groups in total. The summed E-state index contributed by atoms with van der Waals surface area (Å²) in [5.41, 5.74) is 0.0635. The molecule has 1 unspecified atom stereocenters. The van der Waals surface area contributed by atoms with Crippen LogP contribution in [0.5, 0.6) is 0 Å². The van der Waals surface area contributed by atoms with Crippen molar-refractivity contribution < 1.29 is 14.1 Å². The van der Waals surface area contributed by atoms with Gasteiger partial charge in [0.05, 0.1) is 11.5 Å². The molecule has 98 valence electrons. The van der Waals surface area contributed by atoms with Gasteiger partial charge in [0, 0.05) is 24.9 Å². The van der Waals surface area contributed by atoms with Gasteiger partial charge in [0.25, 0.3) is 0 Å². The molecule has 0 saturated carbocycles. The van der Waals surface area contributed by atoms with Gasteiger partial charge < -0.3 is 10.1 Å². The van der Waals surface area contributed by atoms with Crippen molar-refractivity contribution in [3.63, 3.8) is 0 Å². The fourth-order valence-electron chi connectivity index (χ4n) is 1.99. The normalized spacial score (nSPS) is 19.5. The van der Waals surface area contributed by atoms with Gasteiger partial charge in [-0.05, 0) is 30.9 Å². The Bertz CT molecular complexity index is 433. The van der Waals surface area contributed by atoms with E-state index in [0.29, 0.717) is 24.8 Å². The zero-order valence-electron chi connectivity index (χ0n) is 9.89. The van der Waals surface area contributed by atoms with Gasteiger partial charge in [-0.25, -0.2) is 0 Å². The number of nitrogens with zero attached hydrogens (tertiary/aromatic N) is 1. The second-order valence-electron chi connectivity index (χ2n) is 4.39. The fourth-order valence-corrected chi connectivity index (χ4v) is 1.99. The van der Waals surface area contributed by atoms with E-state index in [4.69, 9.17) is 4.74 Å². The number of nitro groups is 1. The van der Waals surface area contributed by atoms with Gasteiger partial charge in [0.15, 0.2) is 0 Å². The smallest absolute Gasteiger partial charge is 0.306 e. The van der Waals surface area contributed by atoms with Crippen LogP contribution in [-0.4, -0.2) is 24.7 Å². The largest absolute Gasteiger partial charge is 0.384 e. The van der Waals surface area contributed by atoms with Crippen molar-refractivity contribution in [2.24, 2.45) is 5.92 Å². The second kappa shape index (κ2) is 5.77. The third-order valence-electron chi connectivity index (χ3n) is 2.99. The number of halogens is 1. The Morgan fingerprint density at radius 2 is 2.39 bits per heavy atom. The Kier molecular flexibility index (Phi) is 4.09. The summed E-state index contributed by atoms with van der Waals surface area (Å²) in [6, 6.07) is 3.84. The van der Waals surface area contributed by atoms with Crippen molar-refractivity contribution in [2.75, 3.05) is 25.1 Å². The first-order valence-corrected chi connectivity index (χ1v) is 5.92. The molecule has 0 aliphatic carbocycles. The standard InChI is InChI=1S/C12H15FN2O3/c13-11-4-3-10(6-12(11)15(16)17)14-7-9-2-1-5-18-8-9/h3-4,6,9,14H,1-2,5,7-8H2. The highest BCUT2D eigenvalue weighted by atomic mass is 19.1. The molecule has 1 saturated heterocycles. The lowest BCUT2D eigenvalue weighted by molar-refractivity contribution is -0.387. The molecule has 2 rings (SSSR count). The van der Waals surface area contributed by atoms with Crippen LogP contribution in [0.3, 0.4) is 0 Å². The molecule has 6 heteroatoms. The number of benzene rings is 1. The Labute approximate surface area is 104 Å². The molecule has 1 aromatic carbocycles. The Hall–Kier alpha value is -1.69. The maximum atomic E-state index is 13.1. The quantitative estimate of drug-likeness (QED) is 0.662. The fraction of sp³-hybridized carbons (Fsp3) is 0.500. The first kappa shape index (κ1) is 12.8. The molecule has 0 amide bonds. The molecule has 1 atom stereocenters. The van der Waals surface area contributed by atoms with Gasteiger partial charge in [0.1, 0.15) is 0 Å². The third kappa shape index (κ3) is 3.16. The minimum Gasteiger partial charge on any atom is -0.384 e. The van der Waals surface area contributed by atoms with Gasteiger partial charge in [0.2, 0.25) is 5.82 Å². The number of hydrogen-bond acceptors (Lipinski definition) is 4. The molecule has 0 aromatic heterocycles. The van der Waals surface area contributed by atoms with Gasteiger partial charge in [-0.2, -0.15) is 4.39 Å². The molecule has 1 aliphatic rings. The van der Waals surface area contributed by atoms with Crippen LogP contribution in [0.1, 0.15) is 12.8 Å². The Morgan fingerprint density at radius 3 is 3.06 bits per heavy atom. The summed E-state index contributed by atoms with van der Waals surface area (Å²) in [7, 11) is 0. The van der Waals surface area contributed by atoms with E-state index in [1.54, 1.807) is 0 Å². The van der Waals surface area contributed by atoms with Crippen molar-refractivity contribution in [3.05, 3.63) is 34.1 Å². The van der Waals surface area contributed by atoms with E-state index in [1.807, 2.05) is 0 Å². The van der Waals surface area contributed by atoms with Crippen LogP contribution >= 0.6 is 0 Å². The van der Waals surface area contributed by atoms with Crippen molar-refractivity contribution in [1.29, 1.82) is 0 Å². The van der Waals surface area contributed by atoms with E-state index in [2.05, 4.69) is 5.32 Å². The molecule has 0 bridgehead atoms. The van der Waals surface area contributed by atoms with Crippen molar-refractivity contribution in [1.82, 2.24) is 0 Å². The number of hydrogen-bond donors (Lipinski definition) is 1. The van der Waals surface area contributed by atoms with Crippen LogP contribution < -0.4 is 5.32 Å². The topological polar surface area (TPSA) is 64.4 Å². The van der Waals surface area contributed by atoms with E-state index in [1.165, 1.54) is 12.1 Å². The molecule has 0 radical (unpaired) electrons. The molecule has 1 heterocycles. The number of rotatable bonds is 4. The summed E-state index contributed by atoms with van der Waals surface area (Å²) in [4.78, 5) is 9.88. The molecule has 5 nitrogen and oxygen atoms in total. The maximum Gasteiger partial charge on any atom is 0.306 e. The monoisotopic (exact) mass is 254 g/mol. The van der Waals surface area contributed by atoms with Gasteiger partial charge in [-0.3, -0.25) is 10.1 Å². The van der Waals surface area contributed by atoms with Crippen molar-refractivity contribution in [3.8, 4) is 0 Å². The highest BCUT2D eigenvalue weighted by Gasteiger charge is 2.16. The van der Waals surface area contributed by atoms with Crippen LogP contribution in [0.2, 0.25) is 0 Å². The lowest BCUT2D eigenvalue weighted by Gasteiger charge is -2.22. The molecular weight excluding hydrogens is 239 g/mol. The summed E-state index contributed by atoms with van der Waals surface area (Å²) >= 11 is 0. The van der Waals surface area contributed by atoms with Crippen LogP contribution in [0, 0.1) is 21.8 Å². The number of ether oxygens (including phenoxy) is 1. The molecule has 0 spiro atoms. The first-order chi connectivity index (χ1) is 8.66. The number of nitro benzene ring substituents is 1. The molecule has 1 fully saturated rings. The SMILES string of the molecule is O=[N+]([O-])c1cc(NCC2CCCOC2)ccc1F. The summed E-state index contributed by atoms with van der Waals surface area (Å²) in [5.74, 6) is -0.408. The molecule has 1 aliphatic heterocycles. The highest BCUT2D eigenvalue weighted by Crippen LogP contribution is 2.22. The minimum absolute atomic E-state index is 0.405. The lowest BCUT2D eigenvalue weighted by atomic mass is 10.0. The summed E-state index contributed by atoms with van der Waals surface area (Å²) in [6.07, 6.45) is 2.12. The average Bonchev–Trinajstić information content (AvgIpc) is 2.38. The predicted molar refractivity (Wildman–Crippen MR) is 65.1 cm³/mol. The third-order valence-corrected chi connectivity index (χ3v) is 2.99. The summed E-state index contributed by atoms with van der Waals surface area (Å²) < 4.78 is 18.5. The summed E-state index contributed by atoms with van der Waals surface area (Å²) in [5, 5.41) is 13.7. The van der Waals surface area contributed by atoms with E-state index in [9.17, 15) is 14.5 Å². The Morgan fingerprint density at radius 1 is 1.56 bits per heavy atom. The molecular formula is C12H15FN2O3. The zero-order valence-corrected chi connectivity index (χ0v) is 9.89. The highest BCUT2D eigenvalue weighted by molar-refractivity contribution is 5.51. The minimum atomic E-state index is -0.813. The average molecular weight is 254 g/mol. The van der Waals surface area contributed by atoms with E-state index in [-0.39, 0.29) is 0 Å². The van der Waals surface area contributed by atoms with E-state index in [0.717, 1.165) is 25.5 Å². The Balaban J connectivity index is 1.96. The second-order valence-corrected chi connectivity index (χ2v) is 4.39. The van der Waals surface area contributed by atoms with Crippen molar-refractivity contribution >= 4 is 11.4 Å². The van der Waals surface area contributed by atoms with Crippen LogP contribution in [0.15, 0.2) is 18.2 Å². The zero-order chi connectivity index (χ0) is 13.0. The van der Waals surface area contributed by atoms with Crippen LogP contribution in [-0.2, 0) is 4.74 Å². The van der Waals surface area contributed by atoms with Crippen molar-refractivity contribution in [2.45, 2.75) is 12.8 Å². The number of nitrogens with one attached hydrogen (secondary N) is 1. The lowest BCUT2D eigenvalue weighted by Crippen LogP contribution is -2.24. The summed E-state index contributed by atoms with van der Waals surface area (Å²) in [6.45, 7) is 2.19. The van der Waals surface area contributed by atoms with E-state index < -0.39 is 16.4 Å². The van der Waals surface area contributed by atoms with Gasteiger partial charge in [-0.15, -0.1) is 0 Å². The molecule has 1 aromatic rings.